The van der Waals surface area contributed by atoms with Crippen LogP contribution in [0, 0.1) is 28.5 Å². The van der Waals surface area contributed by atoms with E-state index >= 15 is 0 Å². The van der Waals surface area contributed by atoms with Crippen LogP contribution in [0.3, 0.4) is 0 Å². The number of hydrogen-bond acceptors (Lipinski definition) is 5. The third-order valence-electron chi connectivity index (χ3n) is 4.56. The Labute approximate surface area is 176 Å². The van der Waals surface area contributed by atoms with Gasteiger partial charge in [-0.2, -0.15) is 15.6 Å². The fourth-order valence-corrected chi connectivity index (χ4v) is 3.68. The number of pyridine rings is 1. The molecule has 0 bridgehead atoms. The van der Waals surface area contributed by atoms with E-state index in [0.717, 1.165) is 6.04 Å². The van der Waals surface area contributed by atoms with Crippen molar-refractivity contribution in [3.05, 3.63) is 59.8 Å². The van der Waals surface area contributed by atoms with E-state index in [0.29, 0.717) is 29.0 Å². The molecule has 0 aliphatic heterocycles. The van der Waals surface area contributed by atoms with Crippen molar-refractivity contribution in [3.8, 4) is 34.5 Å². The Morgan fingerprint density at radius 2 is 1.80 bits per heavy atom. The van der Waals surface area contributed by atoms with Gasteiger partial charge in [-0.1, -0.05) is 19.6 Å². The van der Waals surface area contributed by atoms with Gasteiger partial charge >= 0.3 is 0 Å². The van der Waals surface area contributed by atoms with Crippen LogP contribution in [0.15, 0.2) is 42.7 Å². The van der Waals surface area contributed by atoms with Gasteiger partial charge in [-0.25, -0.2) is 14.1 Å². The average Bonchev–Trinajstić information content (AvgIpc) is 3.14. The van der Waals surface area contributed by atoms with Crippen LogP contribution in [0.2, 0.25) is 25.7 Å². The largest absolute Gasteiger partial charge is 0.360 e. The minimum atomic E-state index is -1.20. The summed E-state index contributed by atoms with van der Waals surface area (Å²) in [5.41, 5.74) is 2.73. The van der Waals surface area contributed by atoms with E-state index in [-0.39, 0.29) is 23.8 Å². The molecule has 0 fully saturated rings. The molecule has 0 radical (unpaired) electrons. The normalized spacial score (nSPS) is 11.1. The zero-order chi connectivity index (χ0) is 21.7. The minimum Gasteiger partial charge on any atom is -0.360 e. The molecule has 0 saturated carbocycles. The summed E-state index contributed by atoms with van der Waals surface area (Å²) in [6.45, 7) is 7.77. The maximum Gasteiger partial charge on any atom is 0.158 e. The summed E-state index contributed by atoms with van der Waals surface area (Å²) in [5.74, 6) is -0.345. The molecule has 2 heterocycles. The summed E-state index contributed by atoms with van der Waals surface area (Å²) in [7, 11) is -1.20. The lowest BCUT2D eigenvalue weighted by molar-refractivity contribution is 0.0788. The predicted molar refractivity (Wildman–Crippen MR) is 114 cm³/mol. The zero-order valence-electron chi connectivity index (χ0n) is 17.2. The Kier molecular flexibility index (Phi) is 6.41. The smallest absolute Gasteiger partial charge is 0.158 e. The van der Waals surface area contributed by atoms with E-state index in [4.69, 9.17) is 4.74 Å². The van der Waals surface area contributed by atoms with Crippen LogP contribution in [0.1, 0.15) is 11.3 Å². The summed E-state index contributed by atoms with van der Waals surface area (Å²) >= 11 is 0. The Balaban J connectivity index is 2.01. The highest BCUT2D eigenvalue weighted by Crippen LogP contribution is 2.33. The van der Waals surface area contributed by atoms with Crippen molar-refractivity contribution < 1.29 is 9.13 Å². The Morgan fingerprint density at radius 3 is 2.43 bits per heavy atom. The monoisotopic (exact) mass is 419 g/mol. The van der Waals surface area contributed by atoms with E-state index in [1.165, 1.54) is 18.3 Å². The second-order valence-corrected chi connectivity index (χ2v) is 13.7. The summed E-state index contributed by atoms with van der Waals surface area (Å²) in [4.78, 5) is 3.98. The highest BCUT2D eigenvalue weighted by atomic mass is 28.3. The molecule has 3 rings (SSSR count). The molecule has 0 spiro atoms. The molecule has 2 aromatic heterocycles. The number of nitrogens with zero attached hydrogens (tertiary/aromatic N) is 5. The standard InChI is InChI=1S/C22H22FN5OSi/c1-30(2,3)11-10-29-15-28-14-20(18-8-9-26-21(13-25)19(18)12-24)22(27-28)16-4-6-17(23)7-5-16/h4-9,14H,10-11,15H2,1-3H3. The average molecular weight is 420 g/mol. The lowest BCUT2D eigenvalue weighted by Crippen LogP contribution is -2.22. The molecule has 0 amide bonds. The molecular formula is C22H22FN5OSi. The van der Waals surface area contributed by atoms with Crippen molar-refractivity contribution in [1.82, 2.24) is 14.8 Å². The van der Waals surface area contributed by atoms with Crippen LogP contribution in [0.25, 0.3) is 22.4 Å². The number of benzene rings is 1. The first-order chi connectivity index (χ1) is 14.3. The van der Waals surface area contributed by atoms with Gasteiger partial charge in [0.25, 0.3) is 0 Å². The molecule has 6 nitrogen and oxygen atoms in total. The summed E-state index contributed by atoms with van der Waals surface area (Å²) in [6.07, 6.45) is 3.27. The molecule has 3 aromatic rings. The van der Waals surface area contributed by atoms with Gasteiger partial charge in [0.15, 0.2) is 5.69 Å². The Hall–Kier alpha value is -3.33. The molecule has 0 aliphatic rings. The third-order valence-corrected chi connectivity index (χ3v) is 6.26. The maximum atomic E-state index is 13.4. The molecule has 1 aromatic carbocycles. The number of aromatic nitrogens is 3. The quantitative estimate of drug-likeness (QED) is 0.405. The van der Waals surface area contributed by atoms with Gasteiger partial charge in [0.1, 0.15) is 30.4 Å². The van der Waals surface area contributed by atoms with Crippen LogP contribution in [-0.2, 0) is 11.5 Å². The Morgan fingerprint density at radius 1 is 1.07 bits per heavy atom. The highest BCUT2D eigenvalue weighted by Gasteiger charge is 2.19. The number of nitriles is 2. The molecule has 0 atom stereocenters. The lowest BCUT2D eigenvalue weighted by atomic mass is 9.97. The van der Waals surface area contributed by atoms with Crippen molar-refractivity contribution in [2.45, 2.75) is 32.4 Å². The first-order valence-electron chi connectivity index (χ1n) is 9.53. The number of hydrogen-bond donors (Lipinski definition) is 0. The number of halogens is 1. The van der Waals surface area contributed by atoms with E-state index in [1.807, 2.05) is 6.07 Å². The van der Waals surface area contributed by atoms with Gasteiger partial charge in [0, 0.05) is 43.8 Å². The van der Waals surface area contributed by atoms with Gasteiger partial charge in [-0.05, 0) is 36.4 Å². The van der Waals surface area contributed by atoms with Crippen molar-refractivity contribution in [2.24, 2.45) is 0 Å². The maximum absolute atomic E-state index is 13.4. The third kappa shape index (κ3) is 4.98. The van der Waals surface area contributed by atoms with Crippen LogP contribution in [-0.4, -0.2) is 29.4 Å². The van der Waals surface area contributed by atoms with Crippen LogP contribution in [0.5, 0.6) is 0 Å². The number of ether oxygens (including phenoxy) is 1. The van der Waals surface area contributed by atoms with Crippen molar-refractivity contribution in [2.75, 3.05) is 6.61 Å². The van der Waals surface area contributed by atoms with Gasteiger partial charge in [-0.3, -0.25) is 0 Å². The van der Waals surface area contributed by atoms with Gasteiger partial charge in [0.2, 0.25) is 0 Å². The fraction of sp³-hybridized carbons (Fsp3) is 0.273. The van der Waals surface area contributed by atoms with Crippen molar-refractivity contribution in [3.63, 3.8) is 0 Å². The first-order valence-corrected chi connectivity index (χ1v) is 13.2. The summed E-state index contributed by atoms with van der Waals surface area (Å²) < 4.78 is 20.9. The second-order valence-electron chi connectivity index (χ2n) is 8.09. The second kappa shape index (κ2) is 9.00. The van der Waals surface area contributed by atoms with E-state index in [1.54, 1.807) is 29.1 Å². The predicted octanol–water partition coefficient (Wildman–Crippen LogP) is 4.81. The van der Waals surface area contributed by atoms with Crippen molar-refractivity contribution >= 4 is 8.07 Å². The molecule has 30 heavy (non-hydrogen) atoms. The molecule has 8 heteroatoms. The molecule has 0 aliphatic carbocycles. The van der Waals surface area contributed by atoms with Crippen molar-refractivity contribution in [1.29, 1.82) is 10.5 Å². The molecule has 0 unspecified atom stereocenters. The highest BCUT2D eigenvalue weighted by molar-refractivity contribution is 6.76. The molecule has 0 N–H and O–H groups in total. The van der Waals surface area contributed by atoms with Gasteiger partial charge in [0.05, 0.1) is 5.56 Å². The van der Waals surface area contributed by atoms with Crippen LogP contribution >= 0.6 is 0 Å². The zero-order valence-corrected chi connectivity index (χ0v) is 18.2. The number of rotatable bonds is 7. The first kappa shape index (κ1) is 21.4. The lowest BCUT2D eigenvalue weighted by Gasteiger charge is -2.15. The van der Waals surface area contributed by atoms with Gasteiger partial charge < -0.3 is 4.74 Å². The SMILES string of the molecule is C[Si](C)(C)CCOCn1cc(-c2ccnc(C#N)c2C#N)c(-c2ccc(F)cc2)n1. The van der Waals surface area contributed by atoms with Gasteiger partial charge in [-0.15, -0.1) is 0 Å². The van der Waals surface area contributed by atoms with E-state index in [9.17, 15) is 14.9 Å². The summed E-state index contributed by atoms with van der Waals surface area (Å²) in [6, 6.07) is 12.7. The molecule has 152 valence electrons. The molecule has 0 saturated heterocycles. The molecular weight excluding hydrogens is 397 g/mol. The van der Waals surface area contributed by atoms with E-state index in [2.05, 4.69) is 35.8 Å². The Bertz CT molecular complexity index is 1120. The fourth-order valence-electron chi connectivity index (χ4n) is 2.93. The topological polar surface area (TPSA) is 87.5 Å². The summed E-state index contributed by atoms with van der Waals surface area (Å²) in [5, 5.41) is 23.5. The van der Waals surface area contributed by atoms with Crippen LogP contribution in [0.4, 0.5) is 4.39 Å². The van der Waals surface area contributed by atoms with Crippen LogP contribution < -0.4 is 0 Å². The minimum absolute atomic E-state index is 0.0548. The van der Waals surface area contributed by atoms with E-state index < -0.39 is 8.07 Å².